The maximum absolute atomic E-state index is 12.3. The van der Waals surface area contributed by atoms with Crippen molar-refractivity contribution in [3.8, 4) is 11.8 Å². The van der Waals surface area contributed by atoms with Crippen molar-refractivity contribution in [3.63, 3.8) is 0 Å². The van der Waals surface area contributed by atoms with Crippen LogP contribution in [0.1, 0.15) is 65.2 Å². The third kappa shape index (κ3) is 5.04. The highest BCUT2D eigenvalue weighted by atomic mass is 16.5. The topological polar surface area (TPSA) is 43.4 Å². The number of hydrogen-bond acceptors (Lipinski definition) is 3. The first-order valence-electron chi connectivity index (χ1n) is 7.94. The van der Waals surface area contributed by atoms with Crippen molar-refractivity contribution in [2.75, 3.05) is 6.61 Å². The average molecular weight is 290 g/mol. The molecule has 0 aromatic rings. The second-order valence-electron chi connectivity index (χ2n) is 5.51. The van der Waals surface area contributed by atoms with Crippen LogP contribution in [0, 0.1) is 17.3 Å². The molecule has 3 heteroatoms. The summed E-state index contributed by atoms with van der Waals surface area (Å²) in [6.45, 7) is 4.25. The van der Waals surface area contributed by atoms with Gasteiger partial charge in [-0.3, -0.25) is 9.59 Å². The van der Waals surface area contributed by atoms with Gasteiger partial charge in [-0.25, -0.2) is 0 Å². The van der Waals surface area contributed by atoms with Gasteiger partial charge in [0.15, 0.2) is 5.78 Å². The first kappa shape index (κ1) is 17.5. The molecule has 1 unspecified atom stereocenters. The normalized spacial score (nSPS) is 21.3. The molecule has 1 saturated carbocycles. The minimum Gasteiger partial charge on any atom is -0.461 e. The summed E-state index contributed by atoms with van der Waals surface area (Å²) in [6.07, 6.45) is 9.96. The van der Waals surface area contributed by atoms with Gasteiger partial charge in [-0.2, -0.15) is 0 Å². The molecule has 0 aromatic heterocycles. The fourth-order valence-corrected chi connectivity index (χ4v) is 2.53. The Bertz CT molecular complexity index is 439. The first-order valence-corrected chi connectivity index (χ1v) is 7.94. The van der Waals surface area contributed by atoms with Crippen LogP contribution in [0.15, 0.2) is 12.2 Å². The van der Waals surface area contributed by atoms with Crippen LogP contribution in [0.2, 0.25) is 0 Å². The highest BCUT2D eigenvalue weighted by molar-refractivity contribution is 6.05. The van der Waals surface area contributed by atoms with E-state index in [-0.39, 0.29) is 12.4 Å². The molecule has 116 valence electrons. The van der Waals surface area contributed by atoms with E-state index in [4.69, 9.17) is 4.74 Å². The Morgan fingerprint density at radius 2 is 2.19 bits per heavy atom. The molecule has 0 aromatic carbocycles. The lowest BCUT2D eigenvalue weighted by atomic mass is 9.82. The Morgan fingerprint density at radius 1 is 1.38 bits per heavy atom. The molecule has 0 amide bonds. The number of Topliss-reactive ketones (excluding diaryl/α,β-unsaturated/α-hetero) is 1. The molecule has 1 aliphatic rings. The lowest BCUT2D eigenvalue weighted by Gasteiger charge is -2.22. The molecular formula is C18H26O3. The van der Waals surface area contributed by atoms with Gasteiger partial charge in [-0.05, 0) is 26.2 Å². The van der Waals surface area contributed by atoms with Crippen LogP contribution in [-0.2, 0) is 14.3 Å². The Hall–Kier alpha value is -1.56. The number of ether oxygens (including phenoxy) is 1. The number of allylic oxidation sites excluding steroid dienone is 1. The summed E-state index contributed by atoms with van der Waals surface area (Å²) in [4.78, 5) is 24.4. The van der Waals surface area contributed by atoms with Crippen molar-refractivity contribution in [1.29, 1.82) is 0 Å². The minimum atomic E-state index is -1.00. The maximum Gasteiger partial charge on any atom is 0.320 e. The summed E-state index contributed by atoms with van der Waals surface area (Å²) in [5, 5.41) is 0. The van der Waals surface area contributed by atoms with Gasteiger partial charge in [0.25, 0.3) is 0 Å². The summed E-state index contributed by atoms with van der Waals surface area (Å²) in [5.74, 6) is 5.73. The molecule has 1 atom stereocenters. The van der Waals surface area contributed by atoms with Gasteiger partial charge in [0.1, 0.15) is 12.0 Å². The predicted molar refractivity (Wildman–Crippen MR) is 83.6 cm³/mol. The lowest BCUT2D eigenvalue weighted by molar-refractivity contribution is -0.157. The Kier molecular flexibility index (Phi) is 7.82. The molecule has 0 aliphatic heterocycles. The SMILES string of the molecule is CC=CCOC(=O)C1(CC#CCCCCC)CCCC1=O. The molecule has 3 nitrogen and oxygen atoms in total. The second-order valence-corrected chi connectivity index (χ2v) is 5.51. The van der Waals surface area contributed by atoms with E-state index in [1.54, 1.807) is 6.08 Å². The van der Waals surface area contributed by atoms with Crippen molar-refractivity contribution in [3.05, 3.63) is 12.2 Å². The maximum atomic E-state index is 12.3. The molecule has 1 aliphatic carbocycles. The van der Waals surface area contributed by atoms with E-state index in [0.29, 0.717) is 19.3 Å². The van der Waals surface area contributed by atoms with Crippen LogP contribution >= 0.6 is 0 Å². The van der Waals surface area contributed by atoms with Crippen molar-refractivity contribution >= 4 is 11.8 Å². The molecule has 1 fully saturated rings. The molecule has 0 saturated heterocycles. The van der Waals surface area contributed by atoms with E-state index in [9.17, 15) is 9.59 Å². The zero-order valence-electron chi connectivity index (χ0n) is 13.2. The largest absolute Gasteiger partial charge is 0.461 e. The molecule has 0 heterocycles. The van der Waals surface area contributed by atoms with Crippen LogP contribution in [-0.4, -0.2) is 18.4 Å². The van der Waals surface area contributed by atoms with Crippen molar-refractivity contribution < 1.29 is 14.3 Å². The smallest absolute Gasteiger partial charge is 0.320 e. The Balaban J connectivity index is 2.62. The van der Waals surface area contributed by atoms with E-state index >= 15 is 0 Å². The number of esters is 1. The van der Waals surface area contributed by atoms with Crippen LogP contribution in [0.25, 0.3) is 0 Å². The minimum absolute atomic E-state index is 0.00386. The van der Waals surface area contributed by atoms with Gasteiger partial charge in [0.05, 0.1) is 0 Å². The third-order valence-corrected chi connectivity index (χ3v) is 3.90. The molecule has 0 N–H and O–H groups in total. The summed E-state index contributed by atoms with van der Waals surface area (Å²) in [7, 11) is 0. The number of rotatable bonds is 7. The third-order valence-electron chi connectivity index (χ3n) is 3.90. The average Bonchev–Trinajstić information content (AvgIpc) is 2.85. The van der Waals surface area contributed by atoms with Crippen LogP contribution in [0.5, 0.6) is 0 Å². The van der Waals surface area contributed by atoms with Gasteiger partial charge in [0, 0.05) is 19.3 Å². The lowest BCUT2D eigenvalue weighted by Crippen LogP contribution is -2.36. The van der Waals surface area contributed by atoms with Crippen molar-refractivity contribution in [2.45, 2.75) is 65.2 Å². The zero-order chi connectivity index (χ0) is 15.6. The number of hydrogen-bond donors (Lipinski definition) is 0. The van der Waals surface area contributed by atoms with E-state index < -0.39 is 11.4 Å². The highest BCUT2D eigenvalue weighted by Gasteiger charge is 2.49. The quantitative estimate of drug-likeness (QED) is 0.235. The van der Waals surface area contributed by atoms with E-state index in [1.165, 1.54) is 12.8 Å². The highest BCUT2D eigenvalue weighted by Crippen LogP contribution is 2.39. The van der Waals surface area contributed by atoms with Crippen LogP contribution < -0.4 is 0 Å². The molecule has 0 radical (unpaired) electrons. The van der Waals surface area contributed by atoms with Crippen LogP contribution in [0.3, 0.4) is 0 Å². The molecule has 0 bridgehead atoms. The van der Waals surface area contributed by atoms with E-state index in [2.05, 4.69) is 18.8 Å². The molecule has 1 rings (SSSR count). The zero-order valence-corrected chi connectivity index (χ0v) is 13.2. The summed E-state index contributed by atoms with van der Waals surface area (Å²) in [5.41, 5.74) is -1.00. The number of carbonyl (C=O) groups is 2. The van der Waals surface area contributed by atoms with Gasteiger partial charge < -0.3 is 4.74 Å². The van der Waals surface area contributed by atoms with Crippen LogP contribution in [0.4, 0.5) is 0 Å². The second kappa shape index (κ2) is 9.39. The van der Waals surface area contributed by atoms with Crippen molar-refractivity contribution in [1.82, 2.24) is 0 Å². The van der Waals surface area contributed by atoms with Gasteiger partial charge in [-0.1, -0.05) is 31.9 Å². The van der Waals surface area contributed by atoms with E-state index in [1.807, 2.05) is 13.0 Å². The van der Waals surface area contributed by atoms with Crippen molar-refractivity contribution in [2.24, 2.45) is 5.41 Å². The van der Waals surface area contributed by atoms with E-state index in [0.717, 1.165) is 19.3 Å². The summed E-state index contributed by atoms with van der Waals surface area (Å²) >= 11 is 0. The molecule has 0 spiro atoms. The fourth-order valence-electron chi connectivity index (χ4n) is 2.53. The first-order chi connectivity index (χ1) is 10.2. The number of unbranched alkanes of at least 4 members (excludes halogenated alkanes) is 3. The Morgan fingerprint density at radius 3 is 2.81 bits per heavy atom. The van der Waals surface area contributed by atoms with Gasteiger partial charge in [-0.15, -0.1) is 11.8 Å². The summed E-state index contributed by atoms with van der Waals surface area (Å²) in [6, 6.07) is 0. The number of carbonyl (C=O) groups excluding carboxylic acids is 2. The van der Waals surface area contributed by atoms with Gasteiger partial charge in [0.2, 0.25) is 0 Å². The molecule has 21 heavy (non-hydrogen) atoms. The van der Waals surface area contributed by atoms with Gasteiger partial charge >= 0.3 is 5.97 Å². The Labute approximate surface area is 128 Å². The summed E-state index contributed by atoms with van der Waals surface area (Å²) < 4.78 is 5.22. The number of ketones is 1. The molecular weight excluding hydrogens is 264 g/mol. The standard InChI is InChI=1S/C18H26O3/c1-3-5-7-8-9-10-13-18(14-11-12-16(18)19)17(20)21-15-6-4-2/h4,6H,3,5,7-8,11-15H2,1-2H3. The fraction of sp³-hybridized carbons (Fsp3) is 0.667. The predicted octanol–water partition coefficient (Wildman–Crippen LogP) is 3.82. The monoisotopic (exact) mass is 290 g/mol.